The van der Waals surface area contributed by atoms with Gasteiger partial charge in [0, 0.05) is 12.0 Å². The van der Waals surface area contributed by atoms with E-state index >= 15 is 0 Å². The fraction of sp³-hybridized carbons (Fsp3) is 0.462. The second-order valence-electron chi connectivity index (χ2n) is 3.71. The van der Waals surface area contributed by atoms with Crippen LogP contribution in [0.15, 0.2) is 18.2 Å². The number of carbonyl (C=O) groups excluding carboxylic acids is 1. The van der Waals surface area contributed by atoms with Crippen LogP contribution < -0.4 is 10.1 Å². The van der Waals surface area contributed by atoms with Gasteiger partial charge in [-0.15, -0.1) is 0 Å². The van der Waals surface area contributed by atoms with E-state index in [1.165, 1.54) is 0 Å². The molecule has 0 atom stereocenters. The van der Waals surface area contributed by atoms with Crippen molar-refractivity contribution in [1.82, 2.24) is 5.32 Å². The van der Waals surface area contributed by atoms with Gasteiger partial charge in [-0.25, -0.2) is 0 Å². The molecule has 1 aromatic carbocycles. The average molecular weight is 256 g/mol. The molecule has 0 saturated heterocycles. The average Bonchev–Trinajstić information content (AvgIpc) is 2.32. The van der Waals surface area contributed by atoms with Crippen LogP contribution in [0.25, 0.3) is 0 Å². The van der Waals surface area contributed by atoms with Gasteiger partial charge >= 0.3 is 0 Å². The fourth-order valence-corrected chi connectivity index (χ4v) is 1.75. The Morgan fingerprint density at radius 1 is 1.47 bits per heavy atom. The quantitative estimate of drug-likeness (QED) is 0.601. The summed E-state index contributed by atoms with van der Waals surface area (Å²) in [6, 6.07) is 5.18. The van der Waals surface area contributed by atoms with Crippen molar-refractivity contribution in [2.75, 3.05) is 20.2 Å². The lowest BCUT2D eigenvalue weighted by atomic mass is 10.1. The summed E-state index contributed by atoms with van der Waals surface area (Å²) < 4.78 is 5.32. The molecule has 0 aliphatic heterocycles. The first-order valence-corrected chi connectivity index (χ1v) is 6.17. The van der Waals surface area contributed by atoms with Crippen LogP contribution in [0.4, 0.5) is 0 Å². The van der Waals surface area contributed by atoms with E-state index in [1.54, 1.807) is 18.2 Å². The zero-order valence-corrected chi connectivity index (χ0v) is 11.0. The molecule has 4 heteroatoms. The third kappa shape index (κ3) is 4.36. The Balaban J connectivity index is 2.65. The van der Waals surface area contributed by atoms with Crippen molar-refractivity contribution < 1.29 is 9.53 Å². The normalized spacial score (nSPS) is 10.3. The molecule has 1 aromatic rings. The first-order chi connectivity index (χ1) is 8.19. The van der Waals surface area contributed by atoms with E-state index < -0.39 is 0 Å². The molecule has 0 amide bonds. The Morgan fingerprint density at radius 3 is 2.82 bits per heavy atom. The molecule has 0 aliphatic rings. The maximum Gasteiger partial charge on any atom is 0.162 e. The van der Waals surface area contributed by atoms with E-state index in [0.29, 0.717) is 29.4 Å². The largest absolute Gasteiger partial charge is 0.492 e. The van der Waals surface area contributed by atoms with E-state index in [2.05, 4.69) is 5.32 Å². The monoisotopic (exact) mass is 255 g/mol. The number of nitrogens with one attached hydrogen (secondary N) is 1. The van der Waals surface area contributed by atoms with Gasteiger partial charge < -0.3 is 10.1 Å². The van der Waals surface area contributed by atoms with E-state index in [4.69, 9.17) is 16.3 Å². The van der Waals surface area contributed by atoms with Crippen LogP contribution in [0.1, 0.15) is 30.1 Å². The van der Waals surface area contributed by atoms with Gasteiger partial charge in [-0.1, -0.05) is 11.6 Å². The van der Waals surface area contributed by atoms with Crippen LogP contribution in [0.2, 0.25) is 5.02 Å². The highest BCUT2D eigenvalue weighted by Gasteiger charge is 2.08. The molecule has 94 valence electrons. The van der Waals surface area contributed by atoms with Crippen molar-refractivity contribution in [2.24, 2.45) is 0 Å². The van der Waals surface area contributed by atoms with Gasteiger partial charge in [0.05, 0.1) is 11.6 Å². The Labute approximate surface area is 107 Å². The number of hydrogen-bond donors (Lipinski definition) is 1. The molecule has 0 radical (unpaired) electrons. The molecule has 3 nitrogen and oxygen atoms in total. The summed E-state index contributed by atoms with van der Waals surface area (Å²) in [6.45, 7) is 3.30. The predicted molar refractivity (Wildman–Crippen MR) is 70.1 cm³/mol. The van der Waals surface area contributed by atoms with Gasteiger partial charge in [0.1, 0.15) is 5.75 Å². The molecule has 0 aliphatic carbocycles. The zero-order valence-electron chi connectivity index (χ0n) is 10.3. The lowest BCUT2D eigenvalue weighted by Gasteiger charge is -2.07. The Morgan fingerprint density at radius 2 is 2.24 bits per heavy atom. The fourth-order valence-electron chi connectivity index (χ4n) is 1.52. The lowest BCUT2D eigenvalue weighted by molar-refractivity contribution is 0.0980. The van der Waals surface area contributed by atoms with Gasteiger partial charge in [-0.3, -0.25) is 4.79 Å². The summed E-state index contributed by atoms with van der Waals surface area (Å²) >= 11 is 6.02. The number of rotatable bonds is 7. The molecule has 0 saturated carbocycles. The van der Waals surface area contributed by atoms with Crippen molar-refractivity contribution in [1.29, 1.82) is 0 Å². The second-order valence-corrected chi connectivity index (χ2v) is 4.12. The Bertz CT molecular complexity index is 380. The number of ketones is 1. The summed E-state index contributed by atoms with van der Waals surface area (Å²) in [5.41, 5.74) is 0.648. The van der Waals surface area contributed by atoms with Crippen LogP contribution in [0, 0.1) is 0 Å². The first-order valence-electron chi connectivity index (χ1n) is 5.79. The number of benzene rings is 1. The minimum Gasteiger partial charge on any atom is -0.492 e. The SMILES string of the molecule is CCOc1ccc(C(=O)CCCNC)cc1Cl. The number of ether oxygens (including phenoxy) is 1. The van der Waals surface area contributed by atoms with Gasteiger partial charge in [0.25, 0.3) is 0 Å². The minimum absolute atomic E-state index is 0.116. The summed E-state index contributed by atoms with van der Waals surface area (Å²) in [5, 5.41) is 3.51. The summed E-state index contributed by atoms with van der Waals surface area (Å²) in [6.07, 6.45) is 1.37. The molecule has 1 N–H and O–H groups in total. The molecule has 1 rings (SSSR count). The molecule has 0 fully saturated rings. The van der Waals surface area contributed by atoms with Crippen molar-refractivity contribution in [3.05, 3.63) is 28.8 Å². The van der Waals surface area contributed by atoms with Crippen LogP contribution >= 0.6 is 11.6 Å². The number of halogens is 1. The summed E-state index contributed by atoms with van der Waals surface area (Å²) in [7, 11) is 1.87. The van der Waals surface area contributed by atoms with Crippen molar-refractivity contribution in [2.45, 2.75) is 19.8 Å². The van der Waals surface area contributed by atoms with E-state index in [1.807, 2.05) is 14.0 Å². The highest BCUT2D eigenvalue weighted by Crippen LogP contribution is 2.26. The van der Waals surface area contributed by atoms with Gasteiger partial charge in [-0.05, 0) is 45.1 Å². The number of carbonyl (C=O) groups is 1. The maximum atomic E-state index is 11.8. The third-order valence-corrected chi connectivity index (χ3v) is 2.68. The van der Waals surface area contributed by atoms with Gasteiger partial charge in [0.15, 0.2) is 5.78 Å². The molecule has 0 spiro atoms. The molecule has 0 unspecified atom stereocenters. The van der Waals surface area contributed by atoms with Crippen molar-refractivity contribution in [3.8, 4) is 5.75 Å². The highest BCUT2D eigenvalue weighted by atomic mass is 35.5. The molecular formula is C13H18ClNO2. The molecule has 0 heterocycles. The van der Waals surface area contributed by atoms with Crippen LogP contribution in [0.5, 0.6) is 5.75 Å². The number of Topliss-reactive ketones (excluding diaryl/α,β-unsaturated/α-hetero) is 1. The standard InChI is InChI=1S/C13H18ClNO2/c1-3-17-13-7-6-10(9-11(13)14)12(16)5-4-8-15-2/h6-7,9,15H,3-5,8H2,1-2H3. The smallest absolute Gasteiger partial charge is 0.162 e. The van der Waals surface area contributed by atoms with E-state index in [0.717, 1.165) is 13.0 Å². The molecular weight excluding hydrogens is 238 g/mol. The maximum absolute atomic E-state index is 11.8. The molecule has 17 heavy (non-hydrogen) atoms. The highest BCUT2D eigenvalue weighted by molar-refractivity contribution is 6.32. The third-order valence-electron chi connectivity index (χ3n) is 2.38. The minimum atomic E-state index is 0.116. The number of hydrogen-bond acceptors (Lipinski definition) is 3. The lowest BCUT2D eigenvalue weighted by Crippen LogP contribution is -2.10. The van der Waals surface area contributed by atoms with Crippen LogP contribution in [-0.2, 0) is 0 Å². The zero-order chi connectivity index (χ0) is 12.7. The molecule has 0 bridgehead atoms. The Hall–Kier alpha value is -1.06. The van der Waals surface area contributed by atoms with Gasteiger partial charge in [0.2, 0.25) is 0 Å². The van der Waals surface area contributed by atoms with Crippen LogP contribution in [-0.4, -0.2) is 26.0 Å². The topological polar surface area (TPSA) is 38.3 Å². The van der Waals surface area contributed by atoms with E-state index in [-0.39, 0.29) is 5.78 Å². The van der Waals surface area contributed by atoms with Gasteiger partial charge in [-0.2, -0.15) is 0 Å². The predicted octanol–water partition coefficient (Wildman–Crippen LogP) is 2.92. The Kier molecular flexibility index (Phi) is 6.01. The molecule has 0 aromatic heterocycles. The van der Waals surface area contributed by atoms with Crippen molar-refractivity contribution >= 4 is 17.4 Å². The summed E-state index contributed by atoms with van der Waals surface area (Å²) in [4.78, 5) is 11.8. The summed E-state index contributed by atoms with van der Waals surface area (Å²) in [5.74, 6) is 0.742. The first kappa shape index (κ1) is 14.0. The second kappa shape index (κ2) is 7.30. The van der Waals surface area contributed by atoms with Crippen LogP contribution in [0.3, 0.4) is 0 Å². The van der Waals surface area contributed by atoms with Crippen molar-refractivity contribution in [3.63, 3.8) is 0 Å². The van der Waals surface area contributed by atoms with E-state index in [9.17, 15) is 4.79 Å².